The number of phenols is 1. The van der Waals surface area contributed by atoms with Gasteiger partial charge in [-0.05, 0) is 54.1 Å². The van der Waals surface area contributed by atoms with Crippen LogP contribution in [0.15, 0.2) is 96.5 Å². The third kappa shape index (κ3) is 12.5. The van der Waals surface area contributed by atoms with Crippen molar-refractivity contribution in [2.75, 3.05) is 10.6 Å². The molecule has 29 heteroatoms. The molecule has 3 N–H and O–H groups in total. The molecule has 0 amide bonds. The number of benzene rings is 4. The largest absolute Gasteiger partial charge is 1.00 e. The van der Waals surface area contributed by atoms with E-state index in [9.17, 15) is 57.0 Å². The van der Waals surface area contributed by atoms with Crippen LogP contribution in [0.25, 0.3) is 10.8 Å². The van der Waals surface area contributed by atoms with E-state index in [1.807, 2.05) is 0 Å². The third-order valence-electron chi connectivity index (χ3n) is 6.34. The van der Waals surface area contributed by atoms with Gasteiger partial charge in [0.2, 0.25) is 17.2 Å². The maximum atomic E-state index is 12.0. The van der Waals surface area contributed by atoms with Crippen molar-refractivity contribution in [3.8, 4) is 5.75 Å². The molecule has 0 fully saturated rings. The van der Waals surface area contributed by atoms with Crippen LogP contribution in [0, 0.1) is 0 Å². The molecule has 0 saturated heterocycles. The maximum Gasteiger partial charge on any atom is 1.00 e. The number of aromatic hydroxyl groups is 1. The van der Waals surface area contributed by atoms with Gasteiger partial charge in [-0.2, -0.15) is 15.0 Å². The predicted molar refractivity (Wildman–Crippen MR) is 166 cm³/mol. The number of anilines is 4. The van der Waals surface area contributed by atoms with Crippen molar-refractivity contribution >= 4 is 97.5 Å². The van der Waals surface area contributed by atoms with Crippen LogP contribution in [0.5, 0.6) is 5.75 Å². The Morgan fingerprint density at radius 3 is 1.65 bits per heavy atom. The molecule has 1 aromatic heterocycles. The first-order chi connectivity index (χ1) is 23.1. The van der Waals surface area contributed by atoms with E-state index in [4.69, 9.17) is 11.6 Å². The number of nitrogens with zero attached hydrogens (tertiary/aromatic N) is 5. The molecule has 262 valence electrons. The first-order valence-electron chi connectivity index (χ1n) is 12.8. The van der Waals surface area contributed by atoms with Gasteiger partial charge in [-0.15, -0.1) is 10.2 Å². The molecular weight excluding hydrogens is 862 g/mol. The fraction of sp³-hybridized carbons (Fsp3) is 0. The van der Waals surface area contributed by atoms with E-state index in [1.54, 1.807) is 0 Å². The van der Waals surface area contributed by atoms with Gasteiger partial charge in [-0.1, -0.05) is 24.3 Å². The van der Waals surface area contributed by atoms with Gasteiger partial charge in [-0.25, -0.2) is 33.7 Å². The second kappa shape index (κ2) is 19.7. The van der Waals surface area contributed by atoms with Gasteiger partial charge in [0.1, 0.15) is 51.8 Å². The summed E-state index contributed by atoms with van der Waals surface area (Å²) in [6.07, 6.45) is 0. The van der Waals surface area contributed by atoms with E-state index in [-0.39, 0.29) is 135 Å². The minimum absolute atomic E-state index is 0. The molecule has 0 radical (unpaired) electrons. The summed E-state index contributed by atoms with van der Waals surface area (Å²) in [7, 11) is -20.7. The molecule has 0 saturated carbocycles. The molecule has 0 bridgehead atoms. The van der Waals surface area contributed by atoms with Crippen molar-refractivity contribution in [3.63, 3.8) is 0 Å². The topological polar surface area (TPSA) is 336 Å². The number of phenolic OH excluding ortho intramolecular Hbond substituents is 1. The summed E-state index contributed by atoms with van der Waals surface area (Å²) >= 11 is 5.94. The first kappa shape index (κ1) is 51.1. The van der Waals surface area contributed by atoms with Crippen LogP contribution >= 0.6 is 11.6 Å². The number of hydrogen-bond donors (Lipinski definition) is 3. The van der Waals surface area contributed by atoms with Gasteiger partial charge in [0.05, 0.1) is 25.3 Å². The van der Waals surface area contributed by atoms with Crippen LogP contribution < -0.4 is 129 Å². The summed E-state index contributed by atoms with van der Waals surface area (Å²) in [5, 5.41) is 22.1. The Bertz CT molecular complexity index is 2720. The van der Waals surface area contributed by atoms with E-state index in [1.165, 1.54) is 24.3 Å². The fourth-order valence-electron chi connectivity index (χ4n) is 4.28. The van der Waals surface area contributed by atoms with Crippen LogP contribution in [0.2, 0.25) is 5.28 Å². The molecule has 20 nitrogen and oxygen atoms in total. The quantitative estimate of drug-likeness (QED) is 0.0666. The Hall–Kier alpha value is -0.920. The van der Waals surface area contributed by atoms with Crippen LogP contribution in [-0.4, -0.2) is 71.9 Å². The Kier molecular flexibility index (Phi) is 18.6. The van der Waals surface area contributed by atoms with Gasteiger partial charge >= 0.3 is 118 Å². The first-order valence-corrected chi connectivity index (χ1v) is 18.9. The molecule has 0 aliphatic rings. The number of fused-ring (bicyclic) bond motifs is 1. The average Bonchev–Trinajstić information content (AvgIpc) is 2.98. The Balaban J connectivity index is 0.00000364. The van der Waals surface area contributed by atoms with E-state index in [0.717, 1.165) is 18.2 Å². The molecule has 0 unspecified atom stereocenters. The molecular formula is C25H14ClN7Na4O13S4. The number of nitrogens with one attached hydrogen (secondary N) is 2. The van der Waals surface area contributed by atoms with Crippen molar-refractivity contribution in [2.45, 2.75) is 19.6 Å². The zero-order valence-electron chi connectivity index (χ0n) is 27.9. The molecule has 0 spiro atoms. The minimum atomic E-state index is -5.24. The zero-order valence-corrected chi connectivity index (χ0v) is 40.0. The smallest absolute Gasteiger partial charge is 0.744 e. The number of rotatable bonds is 10. The molecule has 0 aliphatic carbocycles. The molecule has 5 aromatic rings. The maximum absolute atomic E-state index is 12.0. The Morgan fingerprint density at radius 1 is 0.574 bits per heavy atom. The van der Waals surface area contributed by atoms with Gasteiger partial charge in [0.15, 0.2) is 5.75 Å². The second-order valence-electron chi connectivity index (χ2n) is 9.65. The minimum Gasteiger partial charge on any atom is -0.744 e. The van der Waals surface area contributed by atoms with Crippen molar-refractivity contribution in [1.29, 1.82) is 0 Å². The van der Waals surface area contributed by atoms with E-state index >= 15 is 0 Å². The average molecular weight is 876 g/mol. The summed E-state index contributed by atoms with van der Waals surface area (Å²) in [5.41, 5.74) is -2.09. The Labute approximate surface area is 400 Å². The monoisotopic (exact) mass is 875 g/mol. The SMILES string of the molecule is O=S(=O)([O-])c1ccc(S(=O)(=O)[O-])c(Nc2nc(Cl)nc(Nc3ccc(S(=O)(=O)[O-])c(N=Nc4cc(S(=O)(=O)[O-])c5ccccc5c4O)c3)n2)c1.[Na+].[Na+].[Na+].[Na+]. The van der Waals surface area contributed by atoms with E-state index < -0.39 is 100 Å². The molecule has 1 heterocycles. The summed E-state index contributed by atoms with van der Waals surface area (Å²) in [5.74, 6) is -1.68. The van der Waals surface area contributed by atoms with Crippen molar-refractivity contribution < 1.29 is 175 Å². The van der Waals surface area contributed by atoms with Crippen LogP contribution in [0.1, 0.15) is 0 Å². The van der Waals surface area contributed by atoms with Crippen LogP contribution in [0.3, 0.4) is 0 Å². The number of halogens is 1. The number of aromatic nitrogens is 3. The summed E-state index contributed by atoms with van der Waals surface area (Å²) in [6, 6.07) is 10.5. The van der Waals surface area contributed by atoms with Crippen LogP contribution in [-0.2, 0) is 40.5 Å². The summed E-state index contributed by atoms with van der Waals surface area (Å²) in [6.45, 7) is 0. The van der Waals surface area contributed by atoms with Gasteiger partial charge in [0, 0.05) is 16.5 Å². The number of azo groups is 1. The van der Waals surface area contributed by atoms with E-state index in [0.29, 0.717) is 24.3 Å². The van der Waals surface area contributed by atoms with Gasteiger partial charge in [0.25, 0.3) is 0 Å². The summed E-state index contributed by atoms with van der Waals surface area (Å²) < 4.78 is 141. The zero-order chi connectivity index (χ0) is 36.8. The third-order valence-corrected chi connectivity index (χ3v) is 10.00. The van der Waals surface area contributed by atoms with Crippen molar-refractivity contribution in [1.82, 2.24) is 15.0 Å². The summed E-state index contributed by atoms with van der Waals surface area (Å²) in [4.78, 5) is 7.76. The Morgan fingerprint density at radius 2 is 1.09 bits per heavy atom. The van der Waals surface area contributed by atoms with Crippen LogP contribution in [0.4, 0.5) is 34.6 Å². The molecule has 54 heavy (non-hydrogen) atoms. The van der Waals surface area contributed by atoms with Gasteiger partial charge in [-0.3, -0.25) is 0 Å². The molecule has 4 aromatic carbocycles. The van der Waals surface area contributed by atoms with E-state index in [2.05, 4.69) is 35.8 Å². The molecule has 0 atom stereocenters. The standard InChI is InChI=1S/C25H18ClN7O13S4.4Na/c26-23-29-24(31-25(30-23)28-16-10-13(47(35,36)37)6-8-19(16)48(38,39)40)27-12-5-7-20(49(41,42)43)17(9-12)32-33-18-11-21(50(44,45)46)14-3-1-2-4-15(14)22(18)34;;;;/h1-11,34H,(H,35,36,37)(H,38,39,40)(H,41,42,43)(H,44,45,46)(H2,27,28,29,30,31);;;;/q;4*+1/p-4. The second-order valence-corrected chi connectivity index (χ2v) is 15.4. The fourth-order valence-corrected chi connectivity index (χ4v) is 6.84. The molecule has 0 aliphatic heterocycles. The molecule has 5 rings (SSSR count). The predicted octanol–water partition coefficient (Wildman–Crippen LogP) is -9.08. The van der Waals surface area contributed by atoms with Crippen molar-refractivity contribution in [3.05, 3.63) is 72.0 Å². The van der Waals surface area contributed by atoms with Gasteiger partial charge < -0.3 is 34.0 Å². The van der Waals surface area contributed by atoms with Crippen molar-refractivity contribution in [2.24, 2.45) is 10.2 Å². The number of hydrogen-bond acceptors (Lipinski definition) is 20. The normalized spacial score (nSPS) is 11.8.